The van der Waals surface area contributed by atoms with Crippen LogP contribution in [0.3, 0.4) is 0 Å². The monoisotopic (exact) mass is 246 g/mol. The first-order chi connectivity index (χ1) is 8.12. The number of unbranched alkanes of at least 4 members (excludes halogenated alkanes) is 6. The molecule has 104 valence electrons. The first-order valence-electron chi connectivity index (χ1n) is 7.12. The highest BCUT2D eigenvalue weighted by molar-refractivity contribution is 4.47. The van der Waals surface area contributed by atoms with Crippen molar-refractivity contribution in [2.45, 2.75) is 78.1 Å². The Kier molecular flexibility index (Phi) is 10.9. The molecular weight excluding hydrogens is 216 g/mol. The van der Waals surface area contributed by atoms with Gasteiger partial charge in [0.15, 0.2) is 0 Å². The zero-order valence-electron chi connectivity index (χ0n) is 11.8. The Morgan fingerprint density at radius 1 is 0.765 bits per heavy atom. The minimum absolute atomic E-state index is 0.571. The molecule has 0 spiro atoms. The van der Waals surface area contributed by atoms with E-state index in [0.717, 1.165) is 25.7 Å². The Balaban J connectivity index is 3.38. The van der Waals surface area contributed by atoms with Crippen LogP contribution in [0.25, 0.3) is 0 Å². The van der Waals surface area contributed by atoms with Crippen molar-refractivity contribution in [2.24, 2.45) is 0 Å². The van der Waals surface area contributed by atoms with E-state index in [1.807, 2.05) is 0 Å². The first-order valence-corrected chi connectivity index (χ1v) is 7.12. The van der Waals surface area contributed by atoms with E-state index in [0.29, 0.717) is 13.2 Å². The summed E-state index contributed by atoms with van der Waals surface area (Å²) in [6.07, 6.45) is 9.17. The maximum absolute atomic E-state index is 9.78. The second kappa shape index (κ2) is 11.0. The molecule has 0 aliphatic heterocycles. The smallest absolute Gasteiger partial charge is 0.277 e. The average Bonchev–Trinajstić information content (AvgIpc) is 2.28. The Hall–Kier alpha value is -0.120. The Morgan fingerprint density at radius 2 is 1.18 bits per heavy atom. The van der Waals surface area contributed by atoms with Crippen LogP contribution in [0.1, 0.15) is 72.1 Å². The lowest BCUT2D eigenvalue weighted by molar-refractivity contribution is -0.349. The maximum Gasteiger partial charge on any atom is 0.277 e. The summed E-state index contributed by atoms with van der Waals surface area (Å²) in [7, 11) is 0. The third kappa shape index (κ3) is 12.1. The molecule has 0 bridgehead atoms. The fraction of sp³-hybridized carbons (Fsp3) is 1.00. The van der Waals surface area contributed by atoms with E-state index < -0.39 is 5.97 Å². The maximum atomic E-state index is 9.78. The molecule has 0 radical (unpaired) electrons. The van der Waals surface area contributed by atoms with Crippen LogP contribution in [0, 0.1) is 0 Å². The van der Waals surface area contributed by atoms with Gasteiger partial charge in [0.2, 0.25) is 0 Å². The highest BCUT2D eigenvalue weighted by Crippen LogP contribution is 2.11. The fourth-order valence-corrected chi connectivity index (χ4v) is 1.62. The zero-order chi connectivity index (χ0) is 13.0. The molecule has 0 aliphatic carbocycles. The molecule has 0 amide bonds. The summed E-state index contributed by atoms with van der Waals surface area (Å²) in [4.78, 5) is 0. The quantitative estimate of drug-likeness (QED) is 0.420. The summed E-state index contributed by atoms with van der Waals surface area (Å²) < 4.78 is 10.6. The number of hydrogen-bond donors (Lipinski definition) is 1. The molecule has 3 nitrogen and oxygen atoms in total. The molecule has 0 rings (SSSR count). The number of rotatable bonds is 12. The standard InChI is InChI=1S/C14H30O3/c1-4-6-8-10-12-16-14(3,15)17-13-11-9-7-5-2/h15H,4-13H2,1-3H3. The van der Waals surface area contributed by atoms with Crippen molar-refractivity contribution >= 4 is 0 Å². The van der Waals surface area contributed by atoms with Crippen LogP contribution in [-0.4, -0.2) is 24.3 Å². The SMILES string of the molecule is CCCCCCOC(C)(O)OCCCCCC. The first kappa shape index (κ1) is 16.9. The molecular formula is C14H30O3. The van der Waals surface area contributed by atoms with E-state index in [-0.39, 0.29) is 0 Å². The highest BCUT2D eigenvalue weighted by atomic mass is 16.8. The molecule has 0 aromatic carbocycles. The molecule has 3 heteroatoms. The van der Waals surface area contributed by atoms with Gasteiger partial charge in [-0.15, -0.1) is 0 Å². The second-order valence-corrected chi connectivity index (χ2v) is 4.72. The summed E-state index contributed by atoms with van der Waals surface area (Å²) in [5.41, 5.74) is 0. The van der Waals surface area contributed by atoms with Crippen LogP contribution in [0.15, 0.2) is 0 Å². The van der Waals surface area contributed by atoms with E-state index in [9.17, 15) is 5.11 Å². The van der Waals surface area contributed by atoms with Crippen LogP contribution in [-0.2, 0) is 9.47 Å². The van der Waals surface area contributed by atoms with E-state index in [2.05, 4.69) is 13.8 Å². The van der Waals surface area contributed by atoms with Gasteiger partial charge in [-0.3, -0.25) is 0 Å². The molecule has 0 heterocycles. The van der Waals surface area contributed by atoms with Gasteiger partial charge in [0.05, 0.1) is 13.2 Å². The Labute approximate surface area is 107 Å². The predicted molar refractivity (Wildman–Crippen MR) is 70.8 cm³/mol. The lowest BCUT2D eigenvalue weighted by Gasteiger charge is -2.23. The minimum Gasteiger partial charge on any atom is -0.344 e. The van der Waals surface area contributed by atoms with Crippen LogP contribution >= 0.6 is 0 Å². The van der Waals surface area contributed by atoms with Crippen molar-refractivity contribution < 1.29 is 14.6 Å². The third-order valence-electron chi connectivity index (χ3n) is 2.74. The van der Waals surface area contributed by atoms with E-state index >= 15 is 0 Å². The molecule has 17 heavy (non-hydrogen) atoms. The molecule has 1 N–H and O–H groups in total. The lowest BCUT2D eigenvalue weighted by atomic mass is 10.2. The fourth-order valence-electron chi connectivity index (χ4n) is 1.62. The van der Waals surface area contributed by atoms with Crippen LogP contribution in [0.5, 0.6) is 0 Å². The number of aliphatic hydroxyl groups is 1. The predicted octanol–water partition coefficient (Wildman–Crippen LogP) is 3.85. The Bertz CT molecular complexity index is 142. The van der Waals surface area contributed by atoms with Crippen molar-refractivity contribution in [3.05, 3.63) is 0 Å². The van der Waals surface area contributed by atoms with E-state index in [1.54, 1.807) is 6.92 Å². The van der Waals surface area contributed by atoms with Crippen molar-refractivity contribution in [3.8, 4) is 0 Å². The van der Waals surface area contributed by atoms with Gasteiger partial charge < -0.3 is 14.6 Å². The van der Waals surface area contributed by atoms with Gasteiger partial charge >= 0.3 is 0 Å². The van der Waals surface area contributed by atoms with Crippen LogP contribution in [0.4, 0.5) is 0 Å². The topological polar surface area (TPSA) is 38.7 Å². The summed E-state index contributed by atoms with van der Waals surface area (Å²) in [6.45, 7) is 7.07. The van der Waals surface area contributed by atoms with Crippen molar-refractivity contribution in [2.75, 3.05) is 13.2 Å². The molecule has 0 aromatic rings. The molecule has 0 unspecified atom stereocenters. The summed E-state index contributed by atoms with van der Waals surface area (Å²) >= 11 is 0. The summed E-state index contributed by atoms with van der Waals surface area (Å²) in [5.74, 6) is -1.40. The van der Waals surface area contributed by atoms with E-state index in [1.165, 1.54) is 25.7 Å². The molecule has 0 aliphatic rings. The van der Waals surface area contributed by atoms with Gasteiger partial charge in [0.1, 0.15) is 0 Å². The number of hydrogen-bond acceptors (Lipinski definition) is 3. The molecule has 0 fully saturated rings. The summed E-state index contributed by atoms with van der Waals surface area (Å²) in [6, 6.07) is 0. The number of ether oxygens (including phenoxy) is 2. The normalized spacial score (nSPS) is 12.0. The molecule has 0 atom stereocenters. The van der Waals surface area contributed by atoms with Gasteiger partial charge in [-0.2, -0.15) is 0 Å². The highest BCUT2D eigenvalue weighted by Gasteiger charge is 2.20. The van der Waals surface area contributed by atoms with Crippen molar-refractivity contribution in [1.29, 1.82) is 0 Å². The lowest BCUT2D eigenvalue weighted by Crippen LogP contribution is -2.32. The zero-order valence-corrected chi connectivity index (χ0v) is 11.8. The average molecular weight is 246 g/mol. The third-order valence-corrected chi connectivity index (χ3v) is 2.74. The molecule has 0 saturated heterocycles. The van der Waals surface area contributed by atoms with Crippen LogP contribution in [0.2, 0.25) is 0 Å². The van der Waals surface area contributed by atoms with Crippen molar-refractivity contribution in [1.82, 2.24) is 0 Å². The van der Waals surface area contributed by atoms with Crippen LogP contribution < -0.4 is 0 Å². The molecule has 0 aromatic heterocycles. The van der Waals surface area contributed by atoms with Gasteiger partial charge in [-0.1, -0.05) is 52.4 Å². The van der Waals surface area contributed by atoms with Gasteiger partial charge in [-0.05, 0) is 12.8 Å². The molecule has 0 saturated carbocycles. The largest absolute Gasteiger partial charge is 0.344 e. The van der Waals surface area contributed by atoms with Gasteiger partial charge in [-0.25, -0.2) is 0 Å². The van der Waals surface area contributed by atoms with E-state index in [4.69, 9.17) is 9.47 Å². The van der Waals surface area contributed by atoms with Gasteiger partial charge in [0, 0.05) is 6.92 Å². The minimum atomic E-state index is -1.40. The Morgan fingerprint density at radius 3 is 1.53 bits per heavy atom. The summed E-state index contributed by atoms with van der Waals surface area (Å²) in [5, 5.41) is 9.78. The second-order valence-electron chi connectivity index (χ2n) is 4.72. The van der Waals surface area contributed by atoms with Crippen molar-refractivity contribution in [3.63, 3.8) is 0 Å². The van der Waals surface area contributed by atoms with Gasteiger partial charge in [0.25, 0.3) is 5.97 Å².